The molecule has 2 saturated heterocycles. The predicted octanol–water partition coefficient (Wildman–Crippen LogP) is -1.55. The molecular weight excluding hydrogens is 540 g/mol. The van der Waals surface area contributed by atoms with Gasteiger partial charge >= 0.3 is 0 Å². The van der Waals surface area contributed by atoms with E-state index in [1.54, 1.807) is 0 Å². The Kier molecular flexibility index (Phi) is 6.72. The molecular formula is C20H24N10O6S2. The van der Waals surface area contributed by atoms with E-state index in [1.807, 2.05) is 0 Å². The molecule has 0 aliphatic carbocycles. The van der Waals surface area contributed by atoms with Crippen molar-refractivity contribution in [3.05, 3.63) is 25.3 Å². The molecule has 8 atom stereocenters. The second-order valence-corrected chi connectivity index (χ2v) is 11.4. The van der Waals surface area contributed by atoms with Crippen LogP contribution in [0.2, 0.25) is 0 Å². The number of nitrogens with zero attached hydrogens (tertiary/aromatic N) is 8. The van der Waals surface area contributed by atoms with Gasteiger partial charge in [-0.05, 0) is 0 Å². The normalized spacial score (nSPS) is 31.6. The minimum atomic E-state index is -1.21. The first-order valence-corrected chi connectivity index (χ1v) is 14.0. The number of hydrogen-bond donors (Lipinski definition) is 6. The molecule has 2 aliphatic rings. The molecule has 0 radical (unpaired) electrons. The van der Waals surface area contributed by atoms with Crippen molar-refractivity contribution in [3.8, 4) is 0 Å². The van der Waals surface area contributed by atoms with Crippen LogP contribution >= 0.6 is 21.6 Å². The maximum atomic E-state index is 10.6. The van der Waals surface area contributed by atoms with Gasteiger partial charge in [0.2, 0.25) is 0 Å². The SMILES string of the molecule is Nc1ncnc2c1ncn2[C@@H]1O[C@H](CSSC[C@H]2O[C@@H](n3cnc4c(N)ncnc43)[C@H](O)[C@@H]2O)[C@@H](O)[C@H]1O. The summed E-state index contributed by atoms with van der Waals surface area (Å²) in [5.74, 6) is 1.07. The van der Waals surface area contributed by atoms with Crippen LogP contribution in [0.1, 0.15) is 12.5 Å². The van der Waals surface area contributed by atoms with Gasteiger partial charge in [0.25, 0.3) is 0 Å². The van der Waals surface area contributed by atoms with Crippen molar-refractivity contribution in [1.29, 1.82) is 0 Å². The Hall–Kier alpha value is -2.84. The van der Waals surface area contributed by atoms with Gasteiger partial charge in [-0.3, -0.25) is 9.13 Å². The van der Waals surface area contributed by atoms with E-state index in [-0.39, 0.29) is 11.6 Å². The highest BCUT2D eigenvalue weighted by atomic mass is 33.1. The van der Waals surface area contributed by atoms with Crippen LogP contribution in [0.3, 0.4) is 0 Å². The molecule has 0 unspecified atom stereocenters. The first kappa shape index (κ1) is 25.4. The second-order valence-electron chi connectivity index (χ2n) is 8.83. The van der Waals surface area contributed by atoms with Gasteiger partial charge in [0.1, 0.15) is 48.1 Å². The number of fused-ring (bicyclic) bond motifs is 2. The van der Waals surface area contributed by atoms with Crippen molar-refractivity contribution < 1.29 is 29.9 Å². The van der Waals surface area contributed by atoms with E-state index in [9.17, 15) is 20.4 Å². The summed E-state index contributed by atoms with van der Waals surface area (Å²) in [6.07, 6.45) is -2.43. The van der Waals surface area contributed by atoms with E-state index in [4.69, 9.17) is 20.9 Å². The molecule has 6 rings (SSSR count). The predicted molar refractivity (Wildman–Crippen MR) is 136 cm³/mol. The molecule has 0 bridgehead atoms. The fourth-order valence-electron chi connectivity index (χ4n) is 4.54. The number of aromatic nitrogens is 8. The third kappa shape index (κ3) is 4.22. The van der Waals surface area contributed by atoms with Gasteiger partial charge in [-0.15, -0.1) is 0 Å². The van der Waals surface area contributed by atoms with Gasteiger partial charge in [-0.2, -0.15) is 0 Å². The average molecular weight is 565 g/mol. The summed E-state index contributed by atoms with van der Waals surface area (Å²) in [5.41, 5.74) is 13.2. The zero-order chi connectivity index (χ0) is 26.6. The molecule has 0 saturated carbocycles. The molecule has 16 nitrogen and oxygen atoms in total. The summed E-state index contributed by atoms with van der Waals surface area (Å²) in [5, 5.41) is 42.4. The molecule has 0 spiro atoms. The minimum Gasteiger partial charge on any atom is -0.387 e. The lowest BCUT2D eigenvalue weighted by Gasteiger charge is -2.17. The van der Waals surface area contributed by atoms with E-state index in [2.05, 4.69) is 29.9 Å². The molecule has 2 fully saturated rings. The van der Waals surface area contributed by atoms with Gasteiger partial charge in [-0.25, -0.2) is 29.9 Å². The standard InChI is InChI=1S/C20H24N10O6S2/c21-15-9-17(25-3-23-15)29(5-27-9)19-13(33)11(31)7(35-19)1-37-38-2-8-12(32)14(34)20(36-8)30-6-28-10-16(22)24-4-26-18(10)30/h3-8,11-14,19-20,31-34H,1-2H2,(H2,21,23,25)(H2,22,24,26)/t7-,8-,11-,12-,13-,14-,19-,20-/m1/s1. The number of imidazole rings is 2. The molecule has 8 N–H and O–H groups in total. The van der Waals surface area contributed by atoms with Crippen LogP contribution in [-0.2, 0) is 9.47 Å². The number of aliphatic hydroxyl groups excluding tert-OH is 4. The summed E-state index contributed by atoms with van der Waals surface area (Å²) >= 11 is 0. The molecule has 6 heterocycles. The number of nitrogen functional groups attached to an aromatic ring is 2. The number of ether oxygens (including phenoxy) is 2. The maximum absolute atomic E-state index is 10.6. The third-order valence-corrected chi connectivity index (χ3v) is 8.96. The number of aliphatic hydroxyl groups is 4. The molecule has 202 valence electrons. The van der Waals surface area contributed by atoms with Crippen LogP contribution in [0.25, 0.3) is 22.3 Å². The zero-order valence-corrected chi connectivity index (χ0v) is 21.1. The smallest absolute Gasteiger partial charge is 0.167 e. The molecule has 0 aromatic carbocycles. The molecule has 18 heteroatoms. The lowest BCUT2D eigenvalue weighted by molar-refractivity contribution is -0.0290. The molecule has 0 amide bonds. The van der Waals surface area contributed by atoms with Crippen LogP contribution in [0.5, 0.6) is 0 Å². The van der Waals surface area contributed by atoms with Crippen molar-refractivity contribution in [2.75, 3.05) is 23.0 Å². The summed E-state index contributed by atoms with van der Waals surface area (Å²) in [6.45, 7) is 0. The van der Waals surface area contributed by atoms with Crippen molar-refractivity contribution in [2.45, 2.75) is 49.1 Å². The highest BCUT2D eigenvalue weighted by Gasteiger charge is 2.46. The summed E-state index contributed by atoms with van der Waals surface area (Å²) in [7, 11) is 2.75. The Balaban J connectivity index is 1.05. The highest BCUT2D eigenvalue weighted by molar-refractivity contribution is 8.76. The third-order valence-electron chi connectivity index (χ3n) is 6.54. The Morgan fingerprint density at radius 2 is 1.08 bits per heavy atom. The lowest BCUT2D eigenvalue weighted by atomic mass is 10.1. The fraction of sp³-hybridized carbons (Fsp3) is 0.500. The van der Waals surface area contributed by atoms with Gasteiger partial charge in [0, 0.05) is 11.5 Å². The van der Waals surface area contributed by atoms with E-state index in [1.165, 1.54) is 56.0 Å². The number of nitrogens with two attached hydrogens (primary N) is 2. The van der Waals surface area contributed by atoms with Crippen molar-refractivity contribution in [1.82, 2.24) is 39.0 Å². The molecule has 38 heavy (non-hydrogen) atoms. The monoisotopic (exact) mass is 564 g/mol. The van der Waals surface area contributed by atoms with Gasteiger partial charge in [0.15, 0.2) is 35.4 Å². The minimum absolute atomic E-state index is 0.201. The molecule has 4 aromatic heterocycles. The molecule has 2 aliphatic heterocycles. The number of rotatable bonds is 7. The van der Waals surface area contributed by atoms with Crippen molar-refractivity contribution in [3.63, 3.8) is 0 Å². The Labute approximate surface area is 221 Å². The topological polar surface area (TPSA) is 239 Å². The highest BCUT2D eigenvalue weighted by Crippen LogP contribution is 2.38. The first-order valence-electron chi connectivity index (χ1n) is 11.5. The van der Waals surface area contributed by atoms with E-state index in [0.29, 0.717) is 33.8 Å². The van der Waals surface area contributed by atoms with E-state index < -0.39 is 49.1 Å². The van der Waals surface area contributed by atoms with Crippen LogP contribution in [0, 0.1) is 0 Å². The van der Waals surface area contributed by atoms with Gasteiger partial charge in [-0.1, -0.05) is 21.6 Å². The van der Waals surface area contributed by atoms with Crippen molar-refractivity contribution in [2.24, 2.45) is 0 Å². The summed E-state index contributed by atoms with van der Waals surface area (Å²) in [4.78, 5) is 24.5. The maximum Gasteiger partial charge on any atom is 0.167 e. The second kappa shape index (κ2) is 10.0. The first-order chi connectivity index (χ1) is 18.3. The Morgan fingerprint density at radius 1 is 0.658 bits per heavy atom. The van der Waals surface area contributed by atoms with Crippen LogP contribution < -0.4 is 11.5 Å². The van der Waals surface area contributed by atoms with Gasteiger partial charge < -0.3 is 41.4 Å². The van der Waals surface area contributed by atoms with Crippen LogP contribution in [0.15, 0.2) is 25.3 Å². The largest absolute Gasteiger partial charge is 0.387 e. The van der Waals surface area contributed by atoms with Gasteiger partial charge in [0.05, 0.1) is 24.9 Å². The zero-order valence-electron chi connectivity index (χ0n) is 19.5. The van der Waals surface area contributed by atoms with E-state index >= 15 is 0 Å². The quantitative estimate of drug-likeness (QED) is 0.110. The Bertz CT molecular complexity index is 1350. The van der Waals surface area contributed by atoms with Crippen LogP contribution in [0.4, 0.5) is 11.6 Å². The van der Waals surface area contributed by atoms with Crippen molar-refractivity contribution >= 4 is 55.6 Å². The van der Waals surface area contributed by atoms with Crippen LogP contribution in [-0.4, -0.2) is 108 Å². The summed E-state index contributed by atoms with van der Waals surface area (Å²) in [6, 6.07) is 0. The average Bonchev–Trinajstić information content (AvgIpc) is 3.66. The van der Waals surface area contributed by atoms with E-state index in [0.717, 1.165) is 0 Å². The number of hydrogen-bond acceptors (Lipinski definition) is 16. The number of anilines is 2. The fourth-order valence-corrected chi connectivity index (χ4v) is 6.93. The lowest BCUT2D eigenvalue weighted by Crippen LogP contribution is -2.33. The molecule has 4 aromatic rings. The Morgan fingerprint density at radius 3 is 1.50 bits per heavy atom. The summed E-state index contributed by atoms with van der Waals surface area (Å²) < 4.78 is 14.9.